The lowest BCUT2D eigenvalue weighted by Crippen LogP contribution is -2.51. The Labute approximate surface area is 182 Å². The molecule has 3 saturated heterocycles. The third-order valence-corrected chi connectivity index (χ3v) is 7.33. The molecule has 4 rings (SSSR count). The summed E-state index contributed by atoms with van der Waals surface area (Å²) >= 11 is 0. The summed E-state index contributed by atoms with van der Waals surface area (Å²) in [4.78, 5) is 27.0. The highest BCUT2D eigenvalue weighted by Gasteiger charge is 2.32. The molecule has 30 heavy (non-hydrogen) atoms. The fraction of sp³-hybridized carbons (Fsp3) is 0.750. The lowest BCUT2D eigenvalue weighted by molar-refractivity contribution is -0.136. The molecule has 3 fully saturated rings. The number of rotatable bonds is 7. The quantitative estimate of drug-likeness (QED) is 0.686. The van der Waals surface area contributed by atoms with Crippen LogP contribution in [0.2, 0.25) is 0 Å². The largest absolute Gasteiger partial charge is 0.344 e. The van der Waals surface area contributed by atoms with Gasteiger partial charge in [-0.3, -0.25) is 19.6 Å². The van der Waals surface area contributed by atoms with Crippen molar-refractivity contribution >= 4 is 5.91 Å². The van der Waals surface area contributed by atoms with Gasteiger partial charge in [-0.15, -0.1) is 0 Å². The number of piperidine rings is 2. The molecule has 3 aliphatic rings. The molecule has 6 nitrogen and oxygen atoms in total. The molecular formula is C24H39N5O. The first-order chi connectivity index (χ1) is 14.7. The number of likely N-dealkylation sites (N-methyl/N-ethyl adjacent to an activating group) is 1. The van der Waals surface area contributed by atoms with Crippen molar-refractivity contribution in [3.63, 3.8) is 0 Å². The number of nitrogens with zero attached hydrogens (tertiary/aromatic N) is 5. The van der Waals surface area contributed by atoms with Crippen molar-refractivity contribution in [3.05, 3.63) is 30.1 Å². The predicted octanol–water partition coefficient (Wildman–Crippen LogP) is 2.31. The minimum atomic E-state index is 0.191. The zero-order valence-electron chi connectivity index (χ0n) is 18.7. The lowest BCUT2D eigenvalue weighted by Gasteiger charge is -2.42. The van der Waals surface area contributed by atoms with Crippen molar-refractivity contribution in [1.29, 1.82) is 0 Å². The van der Waals surface area contributed by atoms with E-state index in [0.717, 1.165) is 58.7 Å². The minimum Gasteiger partial charge on any atom is -0.344 e. The van der Waals surface area contributed by atoms with Crippen molar-refractivity contribution < 1.29 is 4.79 Å². The van der Waals surface area contributed by atoms with Crippen LogP contribution in [0.15, 0.2) is 24.5 Å². The molecular weight excluding hydrogens is 374 g/mol. The van der Waals surface area contributed by atoms with Gasteiger partial charge in [0.1, 0.15) is 0 Å². The van der Waals surface area contributed by atoms with Crippen molar-refractivity contribution in [2.75, 3.05) is 59.4 Å². The third kappa shape index (κ3) is 5.80. The van der Waals surface area contributed by atoms with Crippen LogP contribution < -0.4 is 0 Å². The molecule has 1 aromatic rings. The van der Waals surface area contributed by atoms with Crippen LogP contribution in [0.4, 0.5) is 0 Å². The van der Waals surface area contributed by atoms with Crippen LogP contribution >= 0.6 is 0 Å². The maximum atomic E-state index is 13.1. The topological polar surface area (TPSA) is 42.9 Å². The number of hydrogen-bond donors (Lipinski definition) is 0. The summed E-state index contributed by atoms with van der Waals surface area (Å²) in [5.74, 6) is 0.559. The Bertz CT molecular complexity index is 655. The SMILES string of the molecule is CN(CCN1CCCC1)C(=O)C1CCCN(C2CCN(Cc3cccnc3)CC2)C1. The second-order valence-corrected chi connectivity index (χ2v) is 9.51. The fourth-order valence-corrected chi connectivity index (χ4v) is 5.45. The average molecular weight is 414 g/mol. The van der Waals surface area contributed by atoms with Crippen LogP contribution in [0.1, 0.15) is 44.1 Å². The number of carbonyl (C=O) groups excluding carboxylic acids is 1. The molecule has 166 valence electrons. The predicted molar refractivity (Wildman–Crippen MR) is 120 cm³/mol. The summed E-state index contributed by atoms with van der Waals surface area (Å²) in [6.45, 7) is 9.74. The van der Waals surface area contributed by atoms with Gasteiger partial charge in [0.05, 0.1) is 5.92 Å². The van der Waals surface area contributed by atoms with Crippen LogP contribution in [0.3, 0.4) is 0 Å². The highest BCUT2D eigenvalue weighted by atomic mass is 16.2. The summed E-state index contributed by atoms with van der Waals surface area (Å²) in [5.41, 5.74) is 1.30. The second-order valence-electron chi connectivity index (χ2n) is 9.51. The standard InChI is InChI=1S/C24H39N5O/c1-26(16-17-27-11-2-3-12-27)24(30)22-7-5-13-29(20-22)23-8-14-28(15-9-23)19-21-6-4-10-25-18-21/h4,6,10,18,22-23H,2-3,5,7-9,11-17,19-20H2,1H3. The molecule has 3 aliphatic heterocycles. The van der Waals surface area contributed by atoms with E-state index in [9.17, 15) is 4.79 Å². The first kappa shape index (κ1) is 21.7. The van der Waals surface area contributed by atoms with E-state index >= 15 is 0 Å². The second kappa shape index (κ2) is 10.7. The number of aromatic nitrogens is 1. The fourth-order valence-electron chi connectivity index (χ4n) is 5.45. The van der Waals surface area contributed by atoms with Crippen LogP contribution in [-0.2, 0) is 11.3 Å². The smallest absolute Gasteiger partial charge is 0.226 e. The van der Waals surface area contributed by atoms with Gasteiger partial charge in [-0.2, -0.15) is 0 Å². The minimum absolute atomic E-state index is 0.191. The molecule has 0 N–H and O–H groups in total. The Hall–Kier alpha value is -1.50. The Morgan fingerprint density at radius 3 is 2.60 bits per heavy atom. The van der Waals surface area contributed by atoms with E-state index in [-0.39, 0.29) is 5.92 Å². The highest BCUT2D eigenvalue weighted by molar-refractivity contribution is 5.78. The van der Waals surface area contributed by atoms with Gasteiger partial charge in [0.15, 0.2) is 0 Å². The zero-order chi connectivity index (χ0) is 20.8. The zero-order valence-corrected chi connectivity index (χ0v) is 18.7. The maximum absolute atomic E-state index is 13.1. The number of pyridine rings is 1. The van der Waals surface area contributed by atoms with Gasteiger partial charge >= 0.3 is 0 Å². The molecule has 0 aromatic carbocycles. The van der Waals surface area contributed by atoms with E-state index in [1.807, 2.05) is 30.4 Å². The summed E-state index contributed by atoms with van der Waals surface area (Å²) < 4.78 is 0. The van der Waals surface area contributed by atoms with E-state index in [0.29, 0.717) is 11.9 Å². The lowest BCUT2D eigenvalue weighted by atomic mass is 9.93. The van der Waals surface area contributed by atoms with Gasteiger partial charge in [-0.25, -0.2) is 0 Å². The van der Waals surface area contributed by atoms with Gasteiger partial charge in [-0.1, -0.05) is 6.07 Å². The van der Waals surface area contributed by atoms with Crippen molar-refractivity contribution in [1.82, 2.24) is 24.6 Å². The monoisotopic (exact) mass is 413 g/mol. The number of amides is 1. The number of carbonyl (C=O) groups is 1. The Balaban J connectivity index is 1.21. The molecule has 6 heteroatoms. The first-order valence-electron chi connectivity index (χ1n) is 12.0. The summed E-state index contributed by atoms with van der Waals surface area (Å²) in [6, 6.07) is 4.83. The molecule has 1 amide bonds. The van der Waals surface area contributed by atoms with Crippen molar-refractivity contribution in [2.45, 2.75) is 51.1 Å². The Morgan fingerprint density at radius 1 is 1.07 bits per heavy atom. The summed E-state index contributed by atoms with van der Waals surface area (Å²) in [6.07, 6.45) is 11.1. The van der Waals surface area contributed by atoms with E-state index in [1.165, 1.54) is 44.3 Å². The van der Waals surface area contributed by atoms with Crippen molar-refractivity contribution in [3.8, 4) is 0 Å². The molecule has 0 bridgehead atoms. The van der Waals surface area contributed by atoms with Crippen LogP contribution in [-0.4, -0.2) is 95.9 Å². The molecule has 4 heterocycles. The van der Waals surface area contributed by atoms with Crippen molar-refractivity contribution in [2.24, 2.45) is 5.92 Å². The van der Waals surface area contributed by atoms with Gasteiger partial charge in [0.2, 0.25) is 5.91 Å². The van der Waals surface area contributed by atoms with Crippen LogP contribution in [0, 0.1) is 5.92 Å². The van der Waals surface area contributed by atoms with E-state index in [2.05, 4.69) is 25.8 Å². The Kier molecular flexibility index (Phi) is 7.74. The number of likely N-dealkylation sites (tertiary alicyclic amines) is 3. The Morgan fingerprint density at radius 2 is 1.87 bits per heavy atom. The van der Waals surface area contributed by atoms with E-state index in [1.54, 1.807) is 0 Å². The molecule has 1 unspecified atom stereocenters. The molecule has 1 aromatic heterocycles. The third-order valence-electron chi connectivity index (χ3n) is 7.33. The van der Waals surface area contributed by atoms with Crippen LogP contribution in [0.5, 0.6) is 0 Å². The van der Waals surface area contributed by atoms with E-state index < -0.39 is 0 Å². The maximum Gasteiger partial charge on any atom is 0.226 e. The molecule has 0 spiro atoms. The van der Waals surface area contributed by atoms with Gasteiger partial charge in [0.25, 0.3) is 0 Å². The van der Waals surface area contributed by atoms with E-state index in [4.69, 9.17) is 0 Å². The number of hydrogen-bond acceptors (Lipinski definition) is 5. The summed E-state index contributed by atoms with van der Waals surface area (Å²) in [7, 11) is 2.01. The molecule has 0 aliphatic carbocycles. The van der Waals surface area contributed by atoms with Gasteiger partial charge < -0.3 is 9.80 Å². The normalized spacial score (nSPS) is 24.9. The van der Waals surface area contributed by atoms with Gasteiger partial charge in [0, 0.05) is 51.7 Å². The molecule has 0 radical (unpaired) electrons. The van der Waals surface area contributed by atoms with Crippen LogP contribution in [0.25, 0.3) is 0 Å². The first-order valence-corrected chi connectivity index (χ1v) is 12.0. The van der Waals surface area contributed by atoms with Gasteiger partial charge in [-0.05, 0) is 82.9 Å². The molecule has 1 atom stereocenters. The molecule has 0 saturated carbocycles. The summed E-state index contributed by atoms with van der Waals surface area (Å²) in [5, 5.41) is 0. The average Bonchev–Trinajstić information content (AvgIpc) is 3.32. The highest BCUT2D eigenvalue weighted by Crippen LogP contribution is 2.25.